The van der Waals surface area contributed by atoms with Crippen LogP contribution in [0.3, 0.4) is 0 Å². The summed E-state index contributed by atoms with van der Waals surface area (Å²) in [5, 5.41) is 5.02. The minimum atomic E-state index is -4.53. The highest BCUT2D eigenvalue weighted by atomic mass is 19.4. The first kappa shape index (κ1) is 15.3. The molecule has 8 heteroatoms. The minimum Gasteiger partial charge on any atom is -0.256 e. The van der Waals surface area contributed by atoms with Gasteiger partial charge in [-0.1, -0.05) is 18.2 Å². The van der Waals surface area contributed by atoms with Crippen molar-refractivity contribution in [3.8, 4) is 17.1 Å². The number of fused-ring (bicyclic) bond motifs is 1. The number of nitrogens with zero attached hydrogens (tertiary/aromatic N) is 5. The largest absolute Gasteiger partial charge is 0.433 e. The van der Waals surface area contributed by atoms with E-state index in [0.29, 0.717) is 0 Å². The topological polar surface area (TPSA) is 56.5 Å². The zero-order chi connectivity index (χ0) is 17.4. The zero-order valence-corrected chi connectivity index (χ0v) is 12.6. The molecule has 0 aliphatic carbocycles. The van der Waals surface area contributed by atoms with Crippen molar-refractivity contribution in [2.45, 2.75) is 6.18 Å². The SMILES string of the molecule is FC(F)(F)c1ccnc(-n2cc(-c3ccnc4ccccc34)cn2)n1. The van der Waals surface area contributed by atoms with Crippen LogP contribution in [0.1, 0.15) is 5.69 Å². The molecule has 0 fully saturated rings. The van der Waals surface area contributed by atoms with Gasteiger partial charge in [0.05, 0.1) is 11.7 Å². The normalized spacial score (nSPS) is 11.8. The fourth-order valence-electron chi connectivity index (χ4n) is 2.54. The molecule has 0 aliphatic heterocycles. The highest BCUT2D eigenvalue weighted by Crippen LogP contribution is 2.29. The molecule has 4 rings (SSSR count). The van der Waals surface area contributed by atoms with Gasteiger partial charge >= 0.3 is 6.18 Å². The fraction of sp³-hybridized carbons (Fsp3) is 0.0588. The first-order valence-corrected chi connectivity index (χ1v) is 7.32. The third-order valence-electron chi connectivity index (χ3n) is 3.68. The number of pyridine rings is 1. The molecule has 0 bridgehead atoms. The van der Waals surface area contributed by atoms with E-state index in [0.717, 1.165) is 34.3 Å². The molecule has 0 unspecified atom stereocenters. The summed E-state index contributed by atoms with van der Waals surface area (Å²) >= 11 is 0. The Morgan fingerprint density at radius 3 is 2.56 bits per heavy atom. The van der Waals surface area contributed by atoms with E-state index < -0.39 is 11.9 Å². The second-order valence-electron chi connectivity index (χ2n) is 5.29. The molecule has 5 nitrogen and oxygen atoms in total. The van der Waals surface area contributed by atoms with Crippen LogP contribution in [-0.4, -0.2) is 24.7 Å². The number of alkyl halides is 3. The second kappa shape index (κ2) is 5.66. The average molecular weight is 341 g/mol. The molecular weight excluding hydrogens is 331 g/mol. The number of hydrogen-bond acceptors (Lipinski definition) is 4. The molecule has 0 amide bonds. The highest BCUT2D eigenvalue weighted by molar-refractivity contribution is 5.93. The van der Waals surface area contributed by atoms with Gasteiger partial charge in [0.2, 0.25) is 0 Å². The number of benzene rings is 1. The summed E-state index contributed by atoms with van der Waals surface area (Å²) < 4.78 is 39.6. The van der Waals surface area contributed by atoms with Crippen LogP contribution in [0.2, 0.25) is 0 Å². The summed E-state index contributed by atoms with van der Waals surface area (Å²) in [5.41, 5.74) is 1.43. The molecule has 4 aromatic rings. The van der Waals surface area contributed by atoms with Crippen molar-refractivity contribution in [1.82, 2.24) is 24.7 Å². The summed E-state index contributed by atoms with van der Waals surface area (Å²) in [7, 11) is 0. The Kier molecular flexibility index (Phi) is 3.45. The van der Waals surface area contributed by atoms with Gasteiger partial charge in [-0.3, -0.25) is 4.98 Å². The molecule has 124 valence electrons. The molecule has 3 heterocycles. The molecule has 0 spiro atoms. The maximum atomic E-state index is 12.8. The lowest BCUT2D eigenvalue weighted by Crippen LogP contribution is -2.11. The Labute approximate surface area is 139 Å². The summed E-state index contributed by atoms with van der Waals surface area (Å²) in [4.78, 5) is 11.7. The monoisotopic (exact) mass is 341 g/mol. The van der Waals surface area contributed by atoms with Crippen LogP contribution in [0.15, 0.2) is 61.2 Å². The molecule has 0 atom stereocenters. The van der Waals surface area contributed by atoms with Crippen molar-refractivity contribution >= 4 is 10.9 Å². The van der Waals surface area contributed by atoms with Crippen LogP contribution in [0.4, 0.5) is 13.2 Å². The van der Waals surface area contributed by atoms with Crippen LogP contribution in [-0.2, 0) is 6.18 Å². The van der Waals surface area contributed by atoms with E-state index in [4.69, 9.17) is 0 Å². The lowest BCUT2D eigenvalue weighted by atomic mass is 10.0. The van der Waals surface area contributed by atoms with Crippen molar-refractivity contribution < 1.29 is 13.2 Å². The molecular formula is C17H10F3N5. The highest BCUT2D eigenvalue weighted by Gasteiger charge is 2.33. The van der Waals surface area contributed by atoms with Gasteiger partial charge in [0.25, 0.3) is 5.95 Å². The molecule has 1 aromatic carbocycles. The van der Waals surface area contributed by atoms with Crippen molar-refractivity contribution in [2.75, 3.05) is 0 Å². The average Bonchev–Trinajstić information content (AvgIpc) is 3.10. The van der Waals surface area contributed by atoms with Gasteiger partial charge < -0.3 is 0 Å². The number of rotatable bonds is 2. The van der Waals surface area contributed by atoms with Crippen LogP contribution >= 0.6 is 0 Å². The van der Waals surface area contributed by atoms with E-state index in [9.17, 15) is 13.2 Å². The third kappa shape index (κ3) is 2.82. The molecule has 25 heavy (non-hydrogen) atoms. The van der Waals surface area contributed by atoms with Crippen molar-refractivity contribution in [2.24, 2.45) is 0 Å². The summed E-state index contributed by atoms with van der Waals surface area (Å²) in [6.07, 6.45) is 1.36. The lowest BCUT2D eigenvalue weighted by molar-refractivity contribution is -0.141. The number of halogens is 3. The van der Waals surface area contributed by atoms with E-state index in [1.165, 1.54) is 4.68 Å². The molecule has 0 N–H and O–H groups in total. The molecule has 0 radical (unpaired) electrons. The maximum absolute atomic E-state index is 12.8. The number of para-hydroxylation sites is 1. The quantitative estimate of drug-likeness (QED) is 0.555. The Balaban J connectivity index is 1.78. The van der Waals surface area contributed by atoms with Gasteiger partial charge in [-0.2, -0.15) is 18.3 Å². The Morgan fingerprint density at radius 2 is 1.72 bits per heavy atom. The van der Waals surface area contributed by atoms with Crippen LogP contribution in [0.5, 0.6) is 0 Å². The standard InChI is InChI=1S/C17H10F3N5/c18-17(19,20)15-6-8-22-16(24-15)25-10-11(9-23-25)12-5-7-21-14-4-2-1-3-13(12)14/h1-10H. The van der Waals surface area contributed by atoms with Gasteiger partial charge in [-0.05, 0) is 23.8 Å². The molecule has 0 saturated carbocycles. The molecule has 0 aliphatic rings. The van der Waals surface area contributed by atoms with Crippen LogP contribution in [0, 0.1) is 0 Å². The van der Waals surface area contributed by atoms with Gasteiger partial charge in [0, 0.05) is 29.5 Å². The second-order valence-corrected chi connectivity index (χ2v) is 5.29. The smallest absolute Gasteiger partial charge is 0.256 e. The number of hydrogen-bond donors (Lipinski definition) is 0. The predicted molar refractivity (Wildman–Crippen MR) is 84.9 cm³/mol. The van der Waals surface area contributed by atoms with Crippen LogP contribution in [0.25, 0.3) is 28.0 Å². The maximum Gasteiger partial charge on any atom is 0.433 e. The van der Waals surface area contributed by atoms with Gasteiger partial charge in [-0.25, -0.2) is 14.6 Å². The molecule has 0 saturated heterocycles. The third-order valence-corrected chi connectivity index (χ3v) is 3.68. The van der Waals surface area contributed by atoms with Crippen molar-refractivity contribution in [3.05, 3.63) is 66.9 Å². The summed E-state index contributed by atoms with van der Waals surface area (Å²) in [5.74, 6) is -0.139. The van der Waals surface area contributed by atoms with E-state index in [2.05, 4.69) is 20.1 Å². The van der Waals surface area contributed by atoms with E-state index in [1.54, 1.807) is 18.6 Å². The van der Waals surface area contributed by atoms with Crippen molar-refractivity contribution in [1.29, 1.82) is 0 Å². The first-order valence-electron chi connectivity index (χ1n) is 7.32. The lowest BCUT2D eigenvalue weighted by Gasteiger charge is -2.06. The van der Waals surface area contributed by atoms with Gasteiger partial charge in [0.15, 0.2) is 0 Å². The summed E-state index contributed by atoms with van der Waals surface area (Å²) in [6.45, 7) is 0. The Hall–Kier alpha value is -3.29. The van der Waals surface area contributed by atoms with Crippen LogP contribution < -0.4 is 0 Å². The fourth-order valence-corrected chi connectivity index (χ4v) is 2.54. The molecule has 3 aromatic heterocycles. The zero-order valence-electron chi connectivity index (χ0n) is 12.6. The van der Waals surface area contributed by atoms with E-state index in [1.807, 2.05) is 30.3 Å². The minimum absolute atomic E-state index is 0.139. The van der Waals surface area contributed by atoms with Gasteiger partial charge in [-0.15, -0.1) is 0 Å². The Bertz CT molecular complexity index is 1050. The first-order chi connectivity index (χ1) is 12.0. The van der Waals surface area contributed by atoms with Crippen molar-refractivity contribution in [3.63, 3.8) is 0 Å². The number of aromatic nitrogens is 5. The van der Waals surface area contributed by atoms with E-state index >= 15 is 0 Å². The predicted octanol–water partition coefficient (Wildman–Crippen LogP) is 3.90. The Morgan fingerprint density at radius 1 is 0.920 bits per heavy atom. The van der Waals surface area contributed by atoms with E-state index in [-0.39, 0.29) is 5.95 Å². The summed E-state index contributed by atoms with van der Waals surface area (Å²) in [6, 6.07) is 10.3. The van der Waals surface area contributed by atoms with Gasteiger partial charge in [0.1, 0.15) is 5.69 Å².